The van der Waals surface area contributed by atoms with E-state index >= 15 is 0 Å². The van der Waals surface area contributed by atoms with Gasteiger partial charge in [0.05, 0.1) is 16.5 Å². The molecule has 17 fully saturated rings. The van der Waals surface area contributed by atoms with Gasteiger partial charge in [-0.1, -0.05) is 35.6 Å². The minimum absolute atomic E-state index is 0.176. The van der Waals surface area contributed by atoms with Gasteiger partial charge in [0.1, 0.15) is 0 Å². The van der Waals surface area contributed by atoms with E-state index in [0.717, 1.165) is 105 Å². The van der Waals surface area contributed by atoms with Crippen molar-refractivity contribution >= 4 is 56.4 Å². The number of hydrogen-bond donors (Lipinski definition) is 2. The molecular formula is C60H107Cl4Co2N4OP2+. The summed E-state index contributed by atoms with van der Waals surface area (Å²) in [5.41, 5.74) is 0. The summed E-state index contributed by atoms with van der Waals surface area (Å²) in [7, 11) is 18.8. The minimum atomic E-state index is -0.320. The van der Waals surface area contributed by atoms with Crippen LogP contribution in [0.2, 0.25) is 0 Å². The van der Waals surface area contributed by atoms with Gasteiger partial charge in [-0.3, -0.25) is 0 Å². The van der Waals surface area contributed by atoms with Crippen molar-refractivity contribution in [2.75, 3.05) is 91.0 Å². The molecule has 5 nitrogen and oxygen atoms in total. The summed E-state index contributed by atoms with van der Waals surface area (Å²) in [5.74, 6) is 13.6. The van der Waals surface area contributed by atoms with Gasteiger partial charge in [0, 0.05) is 53.9 Å². The first-order valence-electron chi connectivity index (χ1n) is 31.3. The topological polar surface area (TPSA) is 39.8 Å². The SMILES string of the molecule is C1CCOC1.CCN(CC)CCNCCP(C12CC3CC(CC(C3)C1)C2)C12CC3CC(CC(C3)C1)C2.CCN(CC)CCNCC[PH+](C12CC3CC(CC(C3)C1)C2)C12CC3CC(CC(C3)C1)C2.[Cl][Co][Cl].[Cl][Co][Cl]. The molecule has 0 aromatic carbocycles. The first-order valence-corrected chi connectivity index (χ1v) is 40.2. The summed E-state index contributed by atoms with van der Waals surface area (Å²) in [4.78, 5) is 5.16. The van der Waals surface area contributed by atoms with E-state index in [4.69, 9.17) is 45.3 Å². The van der Waals surface area contributed by atoms with Crippen molar-refractivity contribution in [2.45, 2.75) is 215 Å². The van der Waals surface area contributed by atoms with E-state index in [1.54, 1.807) is 166 Å². The van der Waals surface area contributed by atoms with E-state index in [9.17, 15) is 0 Å². The van der Waals surface area contributed by atoms with Crippen LogP contribution in [0, 0.1) is 71.0 Å². The molecule has 2 N–H and O–H groups in total. The van der Waals surface area contributed by atoms with Crippen LogP contribution >= 0.6 is 56.4 Å². The fourth-order valence-electron chi connectivity index (χ4n) is 22.5. The number of ether oxygens (including phenoxy) is 1. The van der Waals surface area contributed by atoms with Gasteiger partial charge in [0.2, 0.25) is 0 Å². The summed E-state index contributed by atoms with van der Waals surface area (Å²) >= 11 is 0.764. The zero-order chi connectivity index (χ0) is 51.1. The molecule has 0 aromatic rings. The second-order valence-electron chi connectivity index (χ2n) is 28.0. The van der Waals surface area contributed by atoms with Crippen molar-refractivity contribution in [3.05, 3.63) is 0 Å². The third-order valence-corrected chi connectivity index (χ3v) is 32.0. The van der Waals surface area contributed by atoms with Crippen LogP contribution in [-0.2, 0) is 30.5 Å². The molecule has 0 atom stereocenters. The Morgan fingerprint density at radius 1 is 0.438 bits per heavy atom. The van der Waals surface area contributed by atoms with Crippen LogP contribution in [0.5, 0.6) is 0 Å². The van der Waals surface area contributed by atoms with Crippen LogP contribution in [0.1, 0.15) is 195 Å². The average Bonchev–Trinajstić information content (AvgIpc) is 3.94. The molecular weight excluding hydrogens is 1110 g/mol. The molecule has 17 rings (SSSR count). The fraction of sp³-hybridized carbons (Fsp3) is 1.00. The van der Waals surface area contributed by atoms with Gasteiger partial charge in [-0.2, -0.15) is 0 Å². The Kier molecular flexibility index (Phi) is 23.5. The van der Waals surface area contributed by atoms with Gasteiger partial charge >= 0.3 is 66.4 Å². The predicted molar refractivity (Wildman–Crippen MR) is 313 cm³/mol. The quantitative estimate of drug-likeness (QED) is 0.0939. The average molecular weight is 1220 g/mol. The number of likely N-dealkylation sites (N-methyl/N-ethyl adjacent to an activating group) is 2. The molecule has 1 aliphatic heterocycles. The predicted octanol–water partition coefficient (Wildman–Crippen LogP) is 16.0. The zero-order valence-electron chi connectivity index (χ0n) is 46.6. The van der Waals surface area contributed by atoms with Gasteiger partial charge in [-0.05, 0) is 287 Å². The van der Waals surface area contributed by atoms with Crippen LogP contribution in [0.15, 0.2) is 0 Å². The second kappa shape index (κ2) is 28.4. The Morgan fingerprint density at radius 3 is 0.973 bits per heavy atom. The zero-order valence-corrected chi connectivity index (χ0v) is 53.6. The van der Waals surface area contributed by atoms with E-state index in [0.29, 0.717) is 25.8 Å². The molecule has 0 radical (unpaired) electrons. The number of nitrogens with one attached hydrogen (secondary N) is 2. The molecule has 16 bridgehead atoms. The second-order valence-corrected chi connectivity index (χ2v) is 38.2. The molecule has 0 amide bonds. The maximum atomic E-state index is 4.94. The van der Waals surface area contributed by atoms with Gasteiger partial charge in [-0.25, -0.2) is 0 Å². The number of rotatable bonds is 20. The van der Waals surface area contributed by atoms with Crippen LogP contribution < -0.4 is 10.6 Å². The molecule has 1 heterocycles. The van der Waals surface area contributed by atoms with Crippen molar-refractivity contribution in [1.29, 1.82) is 0 Å². The Bertz CT molecular complexity index is 1310. The van der Waals surface area contributed by atoms with Gasteiger partial charge < -0.3 is 25.2 Å². The monoisotopic (exact) mass is 1220 g/mol. The third-order valence-electron chi connectivity index (χ3n) is 23.4. The third kappa shape index (κ3) is 14.8. The number of nitrogens with zero attached hydrogens (tertiary/aromatic N) is 2. The maximum absolute atomic E-state index is 4.94. The number of hydrogen-bond acceptors (Lipinski definition) is 5. The van der Waals surface area contributed by atoms with Crippen LogP contribution in [-0.4, -0.2) is 121 Å². The van der Waals surface area contributed by atoms with Gasteiger partial charge in [0.25, 0.3) is 0 Å². The Morgan fingerprint density at radius 2 is 0.712 bits per heavy atom. The molecule has 13 heteroatoms. The number of halogens is 4. The normalized spacial score (nSPS) is 43.1. The van der Waals surface area contributed by atoms with E-state index in [1.807, 2.05) is 0 Å². The summed E-state index contributed by atoms with van der Waals surface area (Å²) in [5, 5.41) is 11.3. The summed E-state index contributed by atoms with van der Waals surface area (Å²) in [6, 6.07) is 0. The molecule has 0 aromatic heterocycles. The molecule has 428 valence electrons. The molecule has 16 aliphatic carbocycles. The first kappa shape index (κ1) is 60.4. The Hall–Kier alpha value is 2.83. The molecule has 0 spiro atoms. The molecule has 17 aliphatic rings. The van der Waals surface area contributed by atoms with Gasteiger partial charge in [0.15, 0.2) is 0 Å². The van der Waals surface area contributed by atoms with Crippen molar-refractivity contribution < 1.29 is 30.5 Å². The standard InChI is InChI=1S/2C28H49N2P.C4H8O.4ClH.2Co/c2*1-3-30(4-2)7-5-29-6-8-31(27-15-21-9-22(16-27)11-23(10-21)17-27)28-18-24-12-25(19-28)14-26(13-24)20-28;1-2-4-5-3-1;;;;;;/h2*21-26,29H,3-20H2,1-2H3;1-4H2;4*1H;;/q;;;;;;;2*+2/p-3. The summed E-state index contributed by atoms with van der Waals surface area (Å²) in [6.45, 7) is 23.6. The molecule has 73 heavy (non-hydrogen) atoms. The Labute approximate surface area is 480 Å². The van der Waals surface area contributed by atoms with Crippen molar-refractivity contribution in [3.63, 3.8) is 0 Å². The van der Waals surface area contributed by atoms with E-state index < -0.39 is 0 Å². The van der Waals surface area contributed by atoms with Crippen LogP contribution in [0.4, 0.5) is 0 Å². The van der Waals surface area contributed by atoms with Crippen molar-refractivity contribution in [3.8, 4) is 0 Å². The first-order chi connectivity index (χ1) is 35.5. The molecule has 1 saturated heterocycles. The Balaban J connectivity index is 0.000000149. The van der Waals surface area contributed by atoms with Crippen molar-refractivity contribution in [1.82, 2.24) is 20.4 Å². The molecule has 0 unspecified atom stereocenters. The summed E-state index contributed by atoms with van der Waals surface area (Å²) < 4.78 is 4.94. The summed E-state index contributed by atoms with van der Waals surface area (Å²) in [6.07, 6.45) is 45.2. The molecule has 16 saturated carbocycles. The van der Waals surface area contributed by atoms with Crippen LogP contribution in [0.25, 0.3) is 0 Å². The van der Waals surface area contributed by atoms with E-state index in [-0.39, 0.29) is 15.8 Å². The van der Waals surface area contributed by atoms with E-state index in [2.05, 4.69) is 48.1 Å². The van der Waals surface area contributed by atoms with Crippen LogP contribution in [0.3, 0.4) is 0 Å². The van der Waals surface area contributed by atoms with Crippen molar-refractivity contribution in [2.24, 2.45) is 71.0 Å². The fourth-order valence-corrected chi connectivity index (χ4v) is 33.6. The van der Waals surface area contributed by atoms with Gasteiger partial charge in [-0.15, -0.1) is 0 Å². The van der Waals surface area contributed by atoms with E-state index in [1.165, 1.54) is 78.3 Å².